The molecule has 0 bridgehead atoms. The average molecular weight is 404 g/mol. The van der Waals surface area contributed by atoms with Crippen molar-refractivity contribution in [3.05, 3.63) is 54.5 Å². The number of nitrogens with zero attached hydrogens (tertiary/aromatic N) is 5. The highest BCUT2D eigenvalue weighted by Gasteiger charge is 2.25. The standard InChI is InChI=1S/C20H16N6O4/c1-13(22)16(11-21)18(27)12-30-20(28)17(10-15-8-5-9-29-15)26-19(23-24-25-26)14-6-3-2-4-7-14/h2-10,16,22H,12H2,1H3/b17-10-,22-13?. The van der Waals surface area contributed by atoms with E-state index >= 15 is 0 Å². The van der Waals surface area contributed by atoms with Crippen LogP contribution >= 0.6 is 0 Å². The summed E-state index contributed by atoms with van der Waals surface area (Å²) < 4.78 is 11.5. The zero-order valence-electron chi connectivity index (χ0n) is 15.8. The Balaban J connectivity index is 1.91. The molecule has 1 atom stereocenters. The molecule has 3 rings (SSSR count). The van der Waals surface area contributed by atoms with Crippen LogP contribution in [0.15, 0.2) is 53.1 Å². The Labute approximate surface area is 170 Å². The van der Waals surface area contributed by atoms with E-state index in [1.807, 2.05) is 6.07 Å². The van der Waals surface area contributed by atoms with Gasteiger partial charge in [0.05, 0.1) is 12.3 Å². The Bertz CT molecular complexity index is 1130. The summed E-state index contributed by atoms with van der Waals surface area (Å²) in [5, 5.41) is 28.0. The summed E-state index contributed by atoms with van der Waals surface area (Å²) in [6.45, 7) is 0.661. The molecule has 1 N–H and O–H groups in total. The van der Waals surface area contributed by atoms with E-state index in [4.69, 9.17) is 19.8 Å². The van der Waals surface area contributed by atoms with E-state index in [1.54, 1.807) is 42.5 Å². The summed E-state index contributed by atoms with van der Waals surface area (Å²) in [7, 11) is 0. The minimum Gasteiger partial charge on any atom is -0.465 e. The van der Waals surface area contributed by atoms with E-state index < -0.39 is 24.3 Å². The predicted molar refractivity (Wildman–Crippen MR) is 105 cm³/mol. The molecule has 1 unspecified atom stereocenters. The number of rotatable bonds is 8. The third-order valence-electron chi connectivity index (χ3n) is 3.99. The average Bonchev–Trinajstić information content (AvgIpc) is 3.43. The van der Waals surface area contributed by atoms with Crippen molar-refractivity contribution < 1.29 is 18.7 Å². The number of furan rings is 1. The van der Waals surface area contributed by atoms with Gasteiger partial charge in [-0.25, -0.2) is 4.79 Å². The highest BCUT2D eigenvalue weighted by Crippen LogP contribution is 2.21. The zero-order chi connectivity index (χ0) is 21.5. The van der Waals surface area contributed by atoms with E-state index in [2.05, 4.69) is 15.5 Å². The molecule has 150 valence electrons. The first-order chi connectivity index (χ1) is 14.5. The maximum Gasteiger partial charge on any atom is 0.357 e. The molecule has 0 aliphatic heterocycles. The molecule has 0 fully saturated rings. The van der Waals surface area contributed by atoms with Crippen molar-refractivity contribution in [2.45, 2.75) is 6.92 Å². The Hall–Kier alpha value is -4.39. The number of benzene rings is 1. The number of tetrazole rings is 1. The minimum absolute atomic E-state index is 0.0957. The normalized spacial score (nSPS) is 12.1. The summed E-state index contributed by atoms with van der Waals surface area (Å²) in [6.07, 6.45) is 2.81. The monoisotopic (exact) mass is 404 g/mol. The number of nitrogens with one attached hydrogen (secondary N) is 1. The summed E-state index contributed by atoms with van der Waals surface area (Å²) in [5.41, 5.74) is 0.430. The Morgan fingerprint density at radius 1 is 1.30 bits per heavy atom. The molecule has 0 radical (unpaired) electrons. The molecule has 0 saturated heterocycles. The fourth-order valence-electron chi connectivity index (χ4n) is 2.54. The van der Waals surface area contributed by atoms with Crippen molar-refractivity contribution in [2.75, 3.05) is 6.61 Å². The maximum absolute atomic E-state index is 12.8. The molecular formula is C20H16N6O4. The molecule has 0 saturated carbocycles. The number of Topliss-reactive ketones (excluding diaryl/α,β-unsaturated/α-hetero) is 1. The van der Waals surface area contributed by atoms with Crippen LogP contribution in [0.2, 0.25) is 0 Å². The number of carbonyl (C=O) groups is 2. The van der Waals surface area contributed by atoms with E-state index in [-0.39, 0.29) is 17.2 Å². The quantitative estimate of drug-likeness (QED) is 0.341. The second kappa shape index (κ2) is 9.20. The lowest BCUT2D eigenvalue weighted by Gasteiger charge is -2.11. The third-order valence-corrected chi connectivity index (χ3v) is 3.99. The Morgan fingerprint density at radius 2 is 2.07 bits per heavy atom. The lowest BCUT2D eigenvalue weighted by Crippen LogP contribution is -2.26. The number of esters is 1. The molecule has 0 aliphatic carbocycles. The zero-order valence-corrected chi connectivity index (χ0v) is 15.8. The van der Waals surface area contributed by atoms with Gasteiger partial charge >= 0.3 is 5.97 Å². The van der Waals surface area contributed by atoms with Crippen LogP contribution in [0.3, 0.4) is 0 Å². The number of hydrogen-bond acceptors (Lipinski definition) is 9. The van der Waals surface area contributed by atoms with Crippen LogP contribution in [0.25, 0.3) is 23.2 Å². The van der Waals surface area contributed by atoms with E-state index in [0.29, 0.717) is 11.3 Å². The molecule has 10 heteroatoms. The van der Waals surface area contributed by atoms with Crippen LogP contribution in [0.5, 0.6) is 0 Å². The lowest BCUT2D eigenvalue weighted by molar-refractivity contribution is -0.142. The highest BCUT2D eigenvalue weighted by molar-refractivity contribution is 6.16. The van der Waals surface area contributed by atoms with Gasteiger partial charge in [-0.05, 0) is 29.5 Å². The van der Waals surface area contributed by atoms with Gasteiger partial charge < -0.3 is 14.6 Å². The molecule has 2 heterocycles. The predicted octanol–water partition coefficient (Wildman–Crippen LogP) is 2.22. The second-order valence-electron chi connectivity index (χ2n) is 6.11. The van der Waals surface area contributed by atoms with E-state index in [0.717, 1.165) is 0 Å². The molecule has 30 heavy (non-hydrogen) atoms. The SMILES string of the molecule is CC(=N)C(C#N)C(=O)COC(=O)/C(=C/c1ccco1)n1nnnc1-c1ccccc1. The van der Waals surface area contributed by atoms with Crippen molar-refractivity contribution in [1.82, 2.24) is 20.2 Å². The summed E-state index contributed by atoms with van der Waals surface area (Å²) in [6, 6.07) is 13.9. The summed E-state index contributed by atoms with van der Waals surface area (Å²) >= 11 is 0. The number of aromatic nitrogens is 4. The number of nitriles is 1. The van der Waals surface area contributed by atoms with Crippen LogP contribution in [0.4, 0.5) is 0 Å². The lowest BCUT2D eigenvalue weighted by atomic mass is 10.0. The number of ketones is 1. The van der Waals surface area contributed by atoms with Gasteiger partial charge in [-0.2, -0.15) is 9.94 Å². The smallest absolute Gasteiger partial charge is 0.357 e. The first kappa shape index (κ1) is 20.3. The molecular weight excluding hydrogens is 388 g/mol. The molecule has 0 spiro atoms. The van der Waals surface area contributed by atoms with Crippen LogP contribution in [0.1, 0.15) is 12.7 Å². The van der Waals surface area contributed by atoms with Gasteiger partial charge in [0, 0.05) is 17.4 Å². The Morgan fingerprint density at radius 3 is 2.70 bits per heavy atom. The van der Waals surface area contributed by atoms with Gasteiger partial charge in [0.2, 0.25) is 0 Å². The topological polar surface area (TPSA) is 148 Å². The third kappa shape index (κ3) is 4.53. The van der Waals surface area contributed by atoms with Crippen molar-refractivity contribution in [2.24, 2.45) is 5.92 Å². The van der Waals surface area contributed by atoms with Crippen LogP contribution < -0.4 is 0 Å². The van der Waals surface area contributed by atoms with Gasteiger partial charge in [-0.1, -0.05) is 30.3 Å². The van der Waals surface area contributed by atoms with Crippen LogP contribution in [-0.2, 0) is 14.3 Å². The molecule has 1 aromatic carbocycles. The van der Waals surface area contributed by atoms with E-state index in [9.17, 15) is 9.59 Å². The van der Waals surface area contributed by atoms with Crippen LogP contribution in [-0.4, -0.2) is 44.3 Å². The molecule has 2 aromatic heterocycles. The van der Waals surface area contributed by atoms with Crippen molar-refractivity contribution in [3.8, 4) is 17.5 Å². The maximum atomic E-state index is 12.8. The first-order valence-electron chi connectivity index (χ1n) is 8.75. The fraction of sp³-hybridized carbons (Fsp3) is 0.150. The van der Waals surface area contributed by atoms with Gasteiger partial charge in [0.25, 0.3) is 0 Å². The molecule has 0 amide bonds. The largest absolute Gasteiger partial charge is 0.465 e. The van der Waals surface area contributed by atoms with Crippen LogP contribution in [0, 0.1) is 22.7 Å². The van der Waals surface area contributed by atoms with Gasteiger partial charge in [-0.15, -0.1) is 5.10 Å². The van der Waals surface area contributed by atoms with Gasteiger partial charge in [-0.3, -0.25) is 4.79 Å². The van der Waals surface area contributed by atoms with Gasteiger partial charge in [0.15, 0.2) is 23.9 Å². The summed E-state index contributed by atoms with van der Waals surface area (Å²) in [4.78, 5) is 24.9. The number of ether oxygens (including phenoxy) is 1. The van der Waals surface area contributed by atoms with Crippen molar-refractivity contribution in [1.29, 1.82) is 10.7 Å². The molecule has 3 aromatic rings. The number of carbonyl (C=O) groups excluding carboxylic acids is 2. The number of hydrogen-bond donors (Lipinski definition) is 1. The Kier molecular flexibility index (Phi) is 6.24. The van der Waals surface area contributed by atoms with Crippen molar-refractivity contribution in [3.63, 3.8) is 0 Å². The summed E-state index contributed by atoms with van der Waals surface area (Å²) in [5.74, 6) is -2.25. The van der Waals surface area contributed by atoms with E-state index in [1.165, 1.54) is 23.9 Å². The minimum atomic E-state index is -1.27. The second-order valence-corrected chi connectivity index (χ2v) is 6.11. The first-order valence-corrected chi connectivity index (χ1v) is 8.75. The fourth-order valence-corrected chi connectivity index (χ4v) is 2.54. The van der Waals surface area contributed by atoms with Crippen molar-refractivity contribution >= 4 is 29.2 Å². The van der Waals surface area contributed by atoms with Gasteiger partial charge in [0.1, 0.15) is 11.7 Å². The molecule has 10 nitrogen and oxygen atoms in total. The highest BCUT2D eigenvalue weighted by atomic mass is 16.5. The molecule has 0 aliphatic rings.